The lowest BCUT2D eigenvalue weighted by Crippen LogP contribution is -2.23. The largest absolute Gasteiger partial charge is 0.488 e. The fraction of sp³-hybridized carbons (Fsp3) is 0.235. The predicted molar refractivity (Wildman–Crippen MR) is 92.1 cm³/mol. The van der Waals surface area contributed by atoms with E-state index in [-0.39, 0.29) is 23.1 Å². The highest BCUT2D eigenvalue weighted by molar-refractivity contribution is 6.31. The lowest BCUT2D eigenvalue weighted by molar-refractivity contribution is -0.139. The molecule has 0 radical (unpaired) electrons. The summed E-state index contributed by atoms with van der Waals surface area (Å²) in [5.74, 6) is -0.328. The minimum Gasteiger partial charge on any atom is -0.488 e. The molecule has 0 atom stereocenters. The molecule has 0 unspecified atom stereocenters. The van der Waals surface area contributed by atoms with Crippen molar-refractivity contribution in [1.82, 2.24) is 19.8 Å². The number of tetrazole rings is 1. The minimum atomic E-state index is -4.56. The van der Waals surface area contributed by atoms with Gasteiger partial charge in [0, 0.05) is 17.6 Å². The Kier molecular flexibility index (Phi) is 4.97. The lowest BCUT2D eigenvalue weighted by atomic mass is 10.1. The van der Waals surface area contributed by atoms with Crippen LogP contribution < -0.4 is 10.4 Å². The molecule has 0 bridgehead atoms. The van der Waals surface area contributed by atoms with Crippen LogP contribution in [0.3, 0.4) is 0 Å². The molecule has 0 N–H and O–H groups in total. The average molecular weight is 399 g/mol. The minimum absolute atomic E-state index is 0.228. The van der Waals surface area contributed by atoms with Gasteiger partial charge in [0.25, 0.3) is 0 Å². The van der Waals surface area contributed by atoms with Gasteiger partial charge >= 0.3 is 11.9 Å². The van der Waals surface area contributed by atoms with Gasteiger partial charge in [-0.1, -0.05) is 29.3 Å². The van der Waals surface area contributed by atoms with E-state index in [1.807, 2.05) is 0 Å². The maximum Gasteiger partial charge on any atom is 0.419 e. The van der Waals surface area contributed by atoms with E-state index >= 15 is 0 Å². The summed E-state index contributed by atoms with van der Waals surface area (Å²) < 4.78 is 47.2. The van der Waals surface area contributed by atoms with Crippen molar-refractivity contribution >= 4 is 11.6 Å². The number of ether oxygens (including phenoxy) is 1. The van der Waals surface area contributed by atoms with Gasteiger partial charge in [-0.25, -0.2) is 4.79 Å². The van der Waals surface area contributed by atoms with Gasteiger partial charge in [0.2, 0.25) is 0 Å². The van der Waals surface area contributed by atoms with Crippen LogP contribution in [-0.4, -0.2) is 19.8 Å². The number of rotatable bonds is 4. The molecule has 0 saturated carbocycles. The number of alkyl halides is 3. The third kappa shape index (κ3) is 3.82. The highest BCUT2D eigenvalue weighted by atomic mass is 35.5. The lowest BCUT2D eigenvalue weighted by Gasteiger charge is -2.16. The fourth-order valence-corrected chi connectivity index (χ4v) is 2.72. The maximum atomic E-state index is 13.3. The summed E-state index contributed by atoms with van der Waals surface area (Å²) in [6.07, 6.45) is -4.56. The van der Waals surface area contributed by atoms with Crippen LogP contribution in [0.4, 0.5) is 13.2 Å². The first-order valence-electron chi connectivity index (χ1n) is 7.76. The molecule has 2 aromatic carbocycles. The summed E-state index contributed by atoms with van der Waals surface area (Å²) >= 11 is 6.19. The number of hydrogen-bond acceptors (Lipinski definition) is 4. The number of aryl methyl sites for hydroxylation is 2. The van der Waals surface area contributed by atoms with Gasteiger partial charge in [-0.3, -0.25) is 0 Å². The van der Waals surface area contributed by atoms with Crippen molar-refractivity contribution in [3.05, 3.63) is 68.6 Å². The van der Waals surface area contributed by atoms with Gasteiger partial charge < -0.3 is 4.74 Å². The van der Waals surface area contributed by atoms with Crippen molar-refractivity contribution in [2.75, 3.05) is 0 Å². The van der Waals surface area contributed by atoms with Crippen LogP contribution in [-0.2, 0) is 19.8 Å². The summed E-state index contributed by atoms with van der Waals surface area (Å²) in [5, 5.41) is 7.58. The Morgan fingerprint density at radius 1 is 1.19 bits per heavy atom. The summed E-state index contributed by atoms with van der Waals surface area (Å²) in [7, 11) is 1.43. The van der Waals surface area contributed by atoms with E-state index in [1.165, 1.54) is 19.2 Å². The maximum absolute atomic E-state index is 13.3. The molecule has 142 valence electrons. The molecule has 0 fully saturated rings. The number of nitrogens with zero attached hydrogens (tertiary/aromatic N) is 4. The first-order valence-corrected chi connectivity index (χ1v) is 8.13. The zero-order chi connectivity index (χ0) is 19.8. The van der Waals surface area contributed by atoms with E-state index in [2.05, 4.69) is 10.4 Å². The Hall–Kier alpha value is -2.81. The molecule has 10 heteroatoms. The van der Waals surface area contributed by atoms with Gasteiger partial charge in [-0.05, 0) is 41.6 Å². The molecule has 0 amide bonds. The van der Waals surface area contributed by atoms with Crippen LogP contribution in [0.1, 0.15) is 16.7 Å². The van der Waals surface area contributed by atoms with Gasteiger partial charge in [0.05, 0.1) is 11.3 Å². The Morgan fingerprint density at radius 2 is 1.93 bits per heavy atom. The second kappa shape index (κ2) is 7.07. The average Bonchev–Trinajstić information content (AvgIpc) is 2.93. The van der Waals surface area contributed by atoms with Crippen LogP contribution in [0, 0.1) is 6.92 Å². The van der Waals surface area contributed by atoms with Crippen LogP contribution in [0.2, 0.25) is 5.02 Å². The third-order valence-electron chi connectivity index (χ3n) is 3.86. The van der Waals surface area contributed by atoms with Crippen LogP contribution in [0.5, 0.6) is 5.75 Å². The van der Waals surface area contributed by atoms with Crippen LogP contribution in [0.15, 0.2) is 41.2 Å². The molecule has 0 spiro atoms. The molecule has 0 aliphatic carbocycles. The number of halogens is 4. The SMILES string of the molecule is Cc1ccc(OCc2c(Cl)cccc2-n2nnn(C)c2=O)c(C(F)(F)F)c1. The quantitative estimate of drug-likeness (QED) is 0.674. The van der Waals surface area contributed by atoms with Crippen LogP contribution >= 0.6 is 11.6 Å². The number of hydrogen-bond donors (Lipinski definition) is 0. The molecule has 27 heavy (non-hydrogen) atoms. The highest BCUT2D eigenvalue weighted by Crippen LogP contribution is 2.37. The molecule has 0 aliphatic rings. The molecule has 0 saturated heterocycles. The Balaban J connectivity index is 1.99. The molecule has 0 aliphatic heterocycles. The van der Waals surface area contributed by atoms with E-state index in [9.17, 15) is 18.0 Å². The first kappa shape index (κ1) is 19.0. The molecule has 3 aromatic rings. The van der Waals surface area contributed by atoms with Crippen molar-refractivity contribution < 1.29 is 17.9 Å². The van der Waals surface area contributed by atoms with Crippen molar-refractivity contribution in [2.24, 2.45) is 7.05 Å². The summed E-state index contributed by atoms with van der Waals surface area (Å²) in [6, 6.07) is 8.48. The van der Waals surface area contributed by atoms with E-state index in [4.69, 9.17) is 16.3 Å². The summed E-state index contributed by atoms with van der Waals surface area (Å²) in [4.78, 5) is 12.1. The van der Waals surface area contributed by atoms with Gasteiger partial charge in [0.15, 0.2) is 0 Å². The van der Waals surface area contributed by atoms with Gasteiger partial charge in [0.1, 0.15) is 12.4 Å². The van der Waals surface area contributed by atoms with E-state index < -0.39 is 17.4 Å². The zero-order valence-corrected chi connectivity index (χ0v) is 15.0. The first-order chi connectivity index (χ1) is 12.7. The zero-order valence-electron chi connectivity index (χ0n) is 14.3. The Labute approximate surface area is 156 Å². The third-order valence-corrected chi connectivity index (χ3v) is 4.21. The molecule has 1 heterocycles. The fourth-order valence-electron chi connectivity index (χ4n) is 2.49. The van der Waals surface area contributed by atoms with E-state index in [1.54, 1.807) is 25.1 Å². The highest BCUT2D eigenvalue weighted by Gasteiger charge is 2.34. The van der Waals surface area contributed by atoms with Gasteiger partial charge in [-0.15, -0.1) is 0 Å². The summed E-state index contributed by atoms with van der Waals surface area (Å²) in [5.41, 5.74) is -0.353. The molecule has 1 aromatic heterocycles. The monoisotopic (exact) mass is 398 g/mol. The van der Waals surface area contributed by atoms with Gasteiger partial charge in [-0.2, -0.15) is 22.5 Å². The summed E-state index contributed by atoms with van der Waals surface area (Å²) in [6.45, 7) is 1.27. The van der Waals surface area contributed by atoms with Crippen molar-refractivity contribution in [3.8, 4) is 11.4 Å². The normalized spacial score (nSPS) is 11.6. The topological polar surface area (TPSA) is 61.9 Å². The van der Waals surface area contributed by atoms with E-state index in [0.717, 1.165) is 15.4 Å². The smallest absolute Gasteiger partial charge is 0.419 e. The molecular weight excluding hydrogens is 385 g/mol. The molecular formula is C17H14ClF3N4O2. The molecule has 6 nitrogen and oxygen atoms in total. The van der Waals surface area contributed by atoms with Crippen molar-refractivity contribution in [2.45, 2.75) is 19.7 Å². The van der Waals surface area contributed by atoms with Crippen molar-refractivity contribution in [3.63, 3.8) is 0 Å². The molecule has 3 rings (SSSR count). The van der Waals surface area contributed by atoms with Crippen molar-refractivity contribution in [1.29, 1.82) is 0 Å². The number of benzene rings is 2. The Bertz CT molecular complexity index is 1040. The number of aromatic nitrogens is 4. The second-order valence-electron chi connectivity index (χ2n) is 5.82. The second-order valence-corrected chi connectivity index (χ2v) is 6.23. The van der Waals surface area contributed by atoms with E-state index in [0.29, 0.717) is 11.1 Å². The van der Waals surface area contributed by atoms with Crippen LogP contribution in [0.25, 0.3) is 5.69 Å². The Morgan fingerprint density at radius 3 is 2.56 bits per heavy atom. The standard InChI is InChI=1S/C17H14ClF3N4O2/c1-10-6-7-15(12(8-10)17(19,20)21)27-9-11-13(18)4-3-5-14(11)25-16(26)24(2)22-23-25/h3-8H,9H2,1-2H3. The predicted octanol–water partition coefficient (Wildman–Crippen LogP) is 3.53.